The van der Waals surface area contributed by atoms with Crippen molar-refractivity contribution in [3.05, 3.63) is 35.4 Å². The highest BCUT2D eigenvalue weighted by atomic mass is 16.5. The Kier molecular flexibility index (Phi) is 3.81. The molecule has 118 valence electrons. The van der Waals surface area contributed by atoms with Crippen molar-refractivity contribution in [2.24, 2.45) is 0 Å². The van der Waals surface area contributed by atoms with Crippen molar-refractivity contribution in [2.45, 2.75) is 12.5 Å². The molecule has 1 aromatic carbocycles. The second-order valence-electron chi connectivity index (χ2n) is 5.11. The van der Waals surface area contributed by atoms with Crippen molar-refractivity contribution < 1.29 is 14.2 Å². The quantitative estimate of drug-likeness (QED) is 0.878. The van der Waals surface area contributed by atoms with E-state index in [4.69, 9.17) is 30.9 Å². The van der Waals surface area contributed by atoms with Gasteiger partial charge in [0.1, 0.15) is 41.7 Å². The lowest BCUT2D eigenvalue weighted by atomic mass is 10.1. The zero-order valence-electron chi connectivity index (χ0n) is 12.6. The molecule has 4 N–H and O–H groups in total. The first-order valence-corrected chi connectivity index (χ1v) is 7.03. The normalized spacial score (nSPS) is 15.4. The molecule has 0 bridgehead atoms. The fourth-order valence-corrected chi connectivity index (χ4v) is 2.43. The third-order valence-electron chi connectivity index (χ3n) is 3.65. The van der Waals surface area contributed by atoms with Crippen LogP contribution < -0.4 is 25.7 Å². The molecule has 2 heterocycles. The molecule has 0 fully saturated rings. The summed E-state index contributed by atoms with van der Waals surface area (Å²) in [6.07, 6.45) is 0.300. The van der Waals surface area contributed by atoms with Gasteiger partial charge in [0.05, 0.1) is 12.8 Å². The molecule has 0 spiro atoms. The van der Waals surface area contributed by atoms with E-state index in [-0.39, 0.29) is 17.5 Å². The number of fused-ring (bicyclic) bond motifs is 1. The molecule has 0 aliphatic carbocycles. The van der Waals surface area contributed by atoms with E-state index < -0.39 is 0 Å². The summed E-state index contributed by atoms with van der Waals surface area (Å²) in [5, 5.41) is 9.07. The number of nitriles is 1. The van der Waals surface area contributed by atoms with Gasteiger partial charge in [-0.15, -0.1) is 0 Å². The van der Waals surface area contributed by atoms with Crippen LogP contribution in [0, 0.1) is 11.3 Å². The molecule has 0 unspecified atom stereocenters. The van der Waals surface area contributed by atoms with E-state index in [0.717, 1.165) is 5.75 Å². The molecule has 1 aliphatic rings. The molecule has 7 nitrogen and oxygen atoms in total. The van der Waals surface area contributed by atoms with Crippen LogP contribution in [0.1, 0.15) is 11.1 Å². The second kappa shape index (κ2) is 5.93. The number of nitrogens with zero attached hydrogens (tertiary/aromatic N) is 2. The minimum atomic E-state index is -0.227. The van der Waals surface area contributed by atoms with Crippen molar-refractivity contribution in [1.29, 1.82) is 5.26 Å². The first-order valence-electron chi connectivity index (χ1n) is 7.03. The van der Waals surface area contributed by atoms with E-state index in [0.29, 0.717) is 35.9 Å². The van der Waals surface area contributed by atoms with Gasteiger partial charge in [-0.3, -0.25) is 0 Å². The summed E-state index contributed by atoms with van der Waals surface area (Å²) in [5.41, 5.74) is 12.9. The zero-order valence-corrected chi connectivity index (χ0v) is 12.6. The van der Waals surface area contributed by atoms with E-state index in [2.05, 4.69) is 4.98 Å². The van der Waals surface area contributed by atoms with Gasteiger partial charge in [-0.05, 0) is 24.3 Å². The standard InChI is InChI=1S/C16H16N4O3/c1-21-9-2-4-10(5-3-9)22-8-11-6-12-14(18)13(7-17)15(19)20-16(12)23-11/h2-5,11H,6,8H2,1H3,(H4,18,19,20)/t11-/m1/s1. The van der Waals surface area contributed by atoms with Crippen LogP contribution in [0.2, 0.25) is 0 Å². The fourth-order valence-electron chi connectivity index (χ4n) is 2.43. The summed E-state index contributed by atoms with van der Waals surface area (Å²) in [6, 6.07) is 9.24. The fraction of sp³-hybridized carbons (Fsp3) is 0.250. The number of hydrogen-bond donors (Lipinski definition) is 2. The van der Waals surface area contributed by atoms with Gasteiger partial charge >= 0.3 is 0 Å². The molecular formula is C16H16N4O3. The minimum Gasteiger partial charge on any atom is -0.497 e. The maximum atomic E-state index is 9.07. The van der Waals surface area contributed by atoms with Gasteiger partial charge in [0.15, 0.2) is 0 Å². The molecule has 0 radical (unpaired) electrons. The molecular weight excluding hydrogens is 296 g/mol. The Hall–Kier alpha value is -3.14. The molecule has 23 heavy (non-hydrogen) atoms. The van der Waals surface area contributed by atoms with Crippen LogP contribution in [0.3, 0.4) is 0 Å². The van der Waals surface area contributed by atoms with Gasteiger partial charge in [-0.2, -0.15) is 10.2 Å². The highest BCUT2D eigenvalue weighted by molar-refractivity contribution is 5.71. The van der Waals surface area contributed by atoms with Gasteiger partial charge in [0.2, 0.25) is 5.88 Å². The molecule has 1 aromatic heterocycles. The van der Waals surface area contributed by atoms with Crippen molar-refractivity contribution in [3.63, 3.8) is 0 Å². The third-order valence-corrected chi connectivity index (χ3v) is 3.65. The van der Waals surface area contributed by atoms with Crippen LogP contribution in [-0.4, -0.2) is 24.8 Å². The minimum absolute atomic E-state index is 0.0838. The van der Waals surface area contributed by atoms with E-state index in [1.807, 2.05) is 30.3 Å². The lowest BCUT2D eigenvalue weighted by molar-refractivity contribution is 0.145. The van der Waals surface area contributed by atoms with Gasteiger partial charge in [0, 0.05) is 12.0 Å². The predicted octanol–water partition coefficient (Wildman–Crippen LogP) is 1.51. The highest BCUT2D eigenvalue weighted by Crippen LogP contribution is 2.35. The van der Waals surface area contributed by atoms with Crippen LogP contribution >= 0.6 is 0 Å². The van der Waals surface area contributed by atoms with Crippen molar-refractivity contribution >= 4 is 11.5 Å². The zero-order chi connectivity index (χ0) is 16.4. The summed E-state index contributed by atoms with van der Waals surface area (Å²) in [6.45, 7) is 0.337. The molecule has 1 aliphatic heterocycles. The average molecular weight is 312 g/mol. The van der Waals surface area contributed by atoms with Gasteiger partial charge in [-0.25, -0.2) is 0 Å². The molecule has 0 saturated heterocycles. The molecule has 0 saturated carbocycles. The number of aromatic nitrogens is 1. The molecule has 3 rings (SSSR count). The van der Waals surface area contributed by atoms with E-state index in [1.54, 1.807) is 7.11 Å². The van der Waals surface area contributed by atoms with Crippen LogP contribution in [0.15, 0.2) is 24.3 Å². The van der Waals surface area contributed by atoms with Crippen molar-refractivity contribution in [1.82, 2.24) is 4.98 Å². The largest absolute Gasteiger partial charge is 0.497 e. The van der Waals surface area contributed by atoms with Crippen molar-refractivity contribution in [3.8, 4) is 23.4 Å². The summed E-state index contributed by atoms with van der Waals surface area (Å²) in [7, 11) is 1.61. The molecule has 0 amide bonds. The molecule has 2 aromatic rings. The summed E-state index contributed by atoms with van der Waals surface area (Å²) in [5.74, 6) is 1.93. The number of hydrogen-bond acceptors (Lipinski definition) is 7. The maximum Gasteiger partial charge on any atom is 0.221 e. The smallest absolute Gasteiger partial charge is 0.221 e. The second-order valence-corrected chi connectivity index (χ2v) is 5.11. The number of benzene rings is 1. The third kappa shape index (κ3) is 2.79. The van der Waals surface area contributed by atoms with Crippen LogP contribution in [0.25, 0.3) is 0 Å². The molecule has 1 atom stereocenters. The lowest BCUT2D eigenvalue weighted by Gasteiger charge is -2.12. The average Bonchev–Trinajstić information content (AvgIpc) is 2.97. The summed E-state index contributed by atoms with van der Waals surface area (Å²) >= 11 is 0. The van der Waals surface area contributed by atoms with Gasteiger partial charge < -0.3 is 25.7 Å². The van der Waals surface area contributed by atoms with Crippen molar-refractivity contribution in [2.75, 3.05) is 25.2 Å². The maximum absolute atomic E-state index is 9.07. The SMILES string of the molecule is COc1ccc(OC[C@H]2Cc3c(nc(N)c(C#N)c3N)O2)cc1. The first kappa shape index (κ1) is 14.8. The monoisotopic (exact) mass is 312 g/mol. The van der Waals surface area contributed by atoms with E-state index in [1.165, 1.54) is 0 Å². The number of rotatable bonds is 4. The summed E-state index contributed by atoms with van der Waals surface area (Å²) < 4.78 is 16.5. The summed E-state index contributed by atoms with van der Waals surface area (Å²) in [4.78, 5) is 4.09. The lowest BCUT2D eigenvalue weighted by Crippen LogP contribution is -2.22. The Bertz CT molecular complexity index is 768. The topological polar surface area (TPSA) is 116 Å². The number of nitrogens with two attached hydrogens (primary N) is 2. The molecule has 7 heteroatoms. The van der Waals surface area contributed by atoms with Gasteiger partial charge in [0.25, 0.3) is 0 Å². The Morgan fingerprint density at radius 1 is 1.30 bits per heavy atom. The highest BCUT2D eigenvalue weighted by Gasteiger charge is 2.29. The Balaban J connectivity index is 1.68. The Morgan fingerprint density at radius 2 is 2.00 bits per heavy atom. The predicted molar refractivity (Wildman–Crippen MR) is 84.4 cm³/mol. The first-order chi connectivity index (χ1) is 11.1. The number of ether oxygens (including phenoxy) is 3. The number of pyridine rings is 1. The number of nitrogen functional groups attached to an aromatic ring is 2. The Morgan fingerprint density at radius 3 is 2.65 bits per heavy atom. The van der Waals surface area contributed by atoms with Crippen LogP contribution in [0.4, 0.5) is 11.5 Å². The van der Waals surface area contributed by atoms with Crippen LogP contribution in [0.5, 0.6) is 17.4 Å². The number of methoxy groups -OCH3 is 1. The Labute approximate surface area is 133 Å². The van der Waals surface area contributed by atoms with E-state index in [9.17, 15) is 0 Å². The van der Waals surface area contributed by atoms with Gasteiger partial charge in [-0.1, -0.05) is 0 Å². The van der Waals surface area contributed by atoms with E-state index >= 15 is 0 Å². The van der Waals surface area contributed by atoms with Crippen LogP contribution in [-0.2, 0) is 6.42 Å². The number of anilines is 2.